The van der Waals surface area contributed by atoms with E-state index < -0.39 is 6.04 Å². The Balaban J connectivity index is 1.68. The number of para-hydroxylation sites is 1. The maximum atomic E-state index is 12.4. The van der Waals surface area contributed by atoms with Gasteiger partial charge in [-0.3, -0.25) is 4.79 Å². The van der Waals surface area contributed by atoms with Crippen LogP contribution in [-0.2, 0) is 11.2 Å². The van der Waals surface area contributed by atoms with E-state index >= 15 is 0 Å². The number of benzene rings is 1. The van der Waals surface area contributed by atoms with Gasteiger partial charge in [0.2, 0.25) is 5.91 Å². The van der Waals surface area contributed by atoms with Gasteiger partial charge in [0.1, 0.15) is 0 Å². The third-order valence-corrected chi connectivity index (χ3v) is 4.25. The van der Waals surface area contributed by atoms with E-state index in [-0.39, 0.29) is 5.91 Å². The number of carbonyl (C=O) groups is 1. The van der Waals surface area contributed by atoms with Gasteiger partial charge >= 0.3 is 0 Å². The third kappa shape index (κ3) is 2.94. The van der Waals surface area contributed by atoms with Crippen LogP contribution in [-0.4, -0.2) is 60.0 Å². The van der Waals surface area contributed by atoms with Gasteiger partial charge in [0.15, 0.2) is 0 Å². The SMILES string of the molecule is CN1CCN(C(=O)C(N)Cc2c[nH]c3ccccc23)CC1. The average molecular weight is 286 g/mol. The van der Waals surface area contributed by atoms with Crippen LogP contribution in [0.5, 0.6) is 0 Å². The third-order valence-electron chi connectivity index (χ3n) is 4.25. The molecule has 0 bridgehead atoms. The van der Waals surface area contributed by atoms with Crippen molar-refractivity contribution in [2.45, 2.75) is 12.5 Å². The molecule has 1 amide bonds. The number of H-pyrrole nitrogens is 1. The fourth-order valence-corrected chi connectivity index (χ4v) is 2.89. The van der Waals surface area contributed by atoms with Crippen LogP contribution in [0.15, 0.2) is 30.5 Å². The van der Waals surface area contributed by atoms with Crippen LogP contribution in [0.1, 0.15) is 5.56 Å². The zero-order chi connectivity index (χ0) is 14.8. The highest BCUT2D eigenvalue weighted by Gasteiger charge is 2.24. The summed E-state index contributed by atoms with van der Waals surface area (Å²) < 4.78 is 0. The van der Waals surface area contributed by atoms with E-state index in [0.29, 0.717) is 6.42 Å². The van der Waals surface area contributed by atoms with Crippen molar-refractivity contribution in [1.82, 2.24) is 14.8 Å². The molecule has 0 aliphatic carbocycles. The highest BCUT2D eigenvalue weighted by molar-refractivity contribution is 5.86. The molecule has 1 aliphatic rings. The molecule has 1 atom stereocenters. The molecule has 5 nitrogen and oxygen atoms in total. The number of fused-ring (bicyclic) bond motifs is 1. The maximum Gasteiger partial charge on any atom is 0.239 e. The number of amides is 1. The molecule has 1 aromatic heterocycles. The van der Waals surface area contributed by atoms with Crippen LogP contribution in [0.2, 0.25) is 0 Å². The Labute approximate surface area is 124 Å². The van der Waals surface area contributed by atoms with Gasteiger partial charge in [0.05, 0.1) is 6.04 Å². The Bertz CT molecular complexity index is 628. The lowest BCUT2D eigenvalue weighted by Crippen LogP contribution is -2.52. The van der Waals surface area contributed by atoms with Crippen LogP contribution >= 0.6 is 0 Å². The number of piperazine rings is 1. The zero-order valence-electron chi connectivity index (χ0n) is 12.4. The number of aromatic nitrogens is 1. The van der Waals surface area contributed by atoms with Crippen molar-refractivity contribution in [1.29, 1.82) is 0 Å². The molecule has 1 aliphatic heterocycles. The molecule has 2 aromatic rings. The second-order valence-electron chi connectivity index (χ2n) is 5.80. The molecular weight excluding hydrogens is 264 g/mol. The van der Waals surface area contributed by atoms with Crippen molar-refractivity contribution < 1.29 is 4.79 Å². The normalized spacial score (nSPS) is 18.1. The number of hydrogen-bond donors (Lipinski definition) is 2. The molecular formula is C16H22N4O. The van der Waals surface area contributed by atoms with E-state index in [1.807, 2.05) is 29.3 Å². The molecule has 112 valence electrons. The second-order valence-corrected chi connectivity index (χ2v) is 5.80. The van der Waals surface area contributed by atoms with Crippen LogP contribution in [0, 0.1) is 0 Å². The lowest BCUT2D eigenvalue weighted by molar-refractivity contribution is -0.134. The number of nitrogens with zero attached hydrogens (tertiary/aromatic N) is 2. The van der Waals surface area contributed by atoms with Crippen LogP contribution in [0.3, 0.4) is 0 Å². The zero-order valence-corrected chi connectivity index (χ0v) is 12.4. The van der Waals surface area contributed by atoms with Gasteiger partial charge in [-0.25, -0.2) is 0 Å². The van der Waals surface area contributed by atoms with Crippen LogP contribution in [0.4, 0.5) is 0 Å². The molecule has 0 radical (unpaired) electrons. The number of rotatable bonds is 3. The van der Waals surface area contributed by atoms with Gasteiger partial charge in [0.25, 0.3) is 0 Å². The van der Waals surface area contributed by atoms with E-state index in [9.17, 15) is 4.79 Å². The topological polar surface area (TPSA) is 65.4 Å². The Hall–Kier alpha value is -1.85. The molecule has 3 rings (SSSR count). The number of likely N-dealkylation sites (N-methyl/N-ethyl adjacent to an activating group) is 1. The van der Waals surface area contributed by atoms with Gasteiger partial charge in [-0.05, 0) is 25.1 Å². The Kier molecular flexibility index (Phi) is 3.94. The predicted octanol–water partition coefficient (Wildman–Crippen LogP) is 0.812. The molecule has 3 N–H and O–H groups in total. The lowest BCUT2D eigenvalue weighted by atomic mass is 10.0. The van der Waals surface area contributed by atoms with E-state index in [2.05, 4.69) is 23.0 Å². The summed E-state index contributed by atoms with van der Waals surface area (Å²) >= 11 is 0. The molecule has 5 heteroatoms. The van der Waals surface area contributed by atoms with Crippen molar-refractivity contribution in [3.05, 3.63) is 36.0 Å². The Morgan fingerprint density at radius 3 is 2.76 bits per heavy atom. The van der Waals surface area contributed by atoms with Crippen molar-refractivity contribution >= 4 is 16.8 Å². The monoisotopic (exact) mass is 286 g/mol. The van der Waals surface area contributed by atoms with Crippen molar-refractivity contribution in [2.24, 2.45) is 5.73 Å². The molecule has 1 fully saturated rings. The lowest BCUT2D eigenvalue weighted by Gasteiger charge is -2.33. The van der Waals surface area contributed by atoms with Crippen LogP contribution in [0.25, 0.3) is 10.9 Å². The number of aromatic amines is 1. The van der Waals surface area contributed by atoms with E-state index in [4.69, 9.17) is 5.73 Å². The maximum absolute atomic E-state index is 12.4. The minimum Gasteiger partial charge on any atom is -0.361 e. The average Bonchev–Trinajstić information content (AvgIpc) is 2.91. The predicted molar refractivity (Wildman–Crippen MR) is 84.1 cm³/mol. The summed E-state index contributed by atoms with van der Waals surface area (Å²) in [5.74, 6) is 0.0633. The van der Waals surface area contributed by atoms with Gasteiger partial charge in [-0.15, -0.1) is 0 Å². The largest absolute Gasteiger partial charge is 0.361 e. The van der Waals surface area contributed by atoms with Crippen molar-refractivity contribution in [2.75, 3.05) is 33.2 Å². The minimum atomic E-state index is -0.465. The fraction of sp³-hybridized carbons (Fsp3) is 0.438. The number of carbonyl (C=O) groups excluding carboxylic acids is 1. The second kappa shape index (κ2) is 5.87. The molecule has 1 unspecified atom stereocenters. The van der Waals surface area contributed by atoms with Crippen molar-refractivity contribution in [3.63, 3.8) is 0 Å². The van der Waals surface area contributed by atoms with Gasteiger partial charge in [-0.2, -0.15) is 0 Å². The quantitative estimate of drug-likeness (QED) is 0.877. The summed E-state index contributed by atoms with van der Waals surface area (Å²) in [7, 11) is 2.08. The first-order valence-electron chi connectivity index (χ1n) is 7.43. The molecule has 1 saturated heterocycles. The number of nitrogens with two attached hydrogens (primary N) is 1. The Morgan fingerprint density at radius 2 is 2.00 bits per heavy atom. The summed E-state index contributed by atoms with van der Waals surface area (Å²) in [5.41, 5.74) is 8.35. The van der Waals surface area contributed by atoms with Gasteiger partial charge < -0.3 is 20.5 Å². The summed E-state index contributed by atoms with van der Waals surface area (Å²) in [6, 6.07) is 7.64. The summed E-state index contributed by atoms with van der Waals surface area (Å²) in [4.78, 5) is 19.8. The summed E-state index contributed by atoms with van der Waals surface area (Å²) in [6.07, 6.45) is 2.54. The molecule has 0 spiro atoms. The first kappa shape index (κ1) is 14.1. The molecule has 2 heterocycles. The van der Waals surface area contributed by atoms with E-state index in [1.54, 1.807) is 0 Å². The number of nitrogens with one attached hydrogen (secondary N) is 1. The highest BCUT2D eigenvalue weighted by atomic mass is 16.2. The number of hydrogen-bond acceptors (Lipinski definition) is 3. The first-order chi connectivity index (χ1) is 10.1. The van der Waals surface area contributed by atoms with Crippen molar-refractivity contribution in [3.8, 4) is 0 Å². The van der Waals surface area contributed by atoms with Gasteiger partial charge in [0, 0.05) is 43.3 Å². The Morgan fingerprint density at radius 1 is 1.29 bits per heavy atom. The fourth-order valence-electron chi connectivity index (χ4n) is 2.89. The smallest absolute Gasteiger partial charge is 0.239 e. The summed E-state index contributed by atoms with van der Waals surface area (Å²) in [6.45, 7) is 3.39. The van der Waals surface area contributed by atoms with E-state index in [0.717, 1.165) is 42.6 Å². The molecule has 1 aromatic carbocycles. The minimum absolute atomic E-state index is 0.0633. The first-order valence-corrected chi connectivity index (χ1v) is 7.43. The van der Waals surface area contributed by atoms with E-state index in [1.165, 1.54) is 0 Å². The van der Waals surface area contributed by atoms with Crippen LogP contribution < -0.4 is 5.73 Å². The van der Waals surface area contributed by atoms with Gasteiger partial charge in [-0.1, -0.05) is 18.2 Å². The molecule has 21 heavy (non-hydrogen) atoms. The summed E-state index contributed by atoms with van der Waals surface area (Å²) in [5, 5.41) is 1.15. The standard InChI is InChI=1S/C16H22N4O/c1-19-6-8-20(9-7-19)16(21)14(17)10-12-11-18-15-5-3-2-4-13(12)15/h2-5,11,14,18H,6-10,17H2,1H3. The molecule has 0 saturated carbocycles. The highest BCUT2D eigenvalue weighted by Crippen LogP contribution is 2.19.